The second kappa shape index (κ2) is 12.9. The summed E-state index contributed by atoms with van der Waals surface area (Å²) in [4.78, 5) is 44.1. The summed E-state index contributed by atoms with van der Waals surface area (Å²) in [5.41, 5.74) is 9.79. The number of pyridine rings is 1. The van der Waals surface area contributed by atoms with Gasteiger partial charge in [0.25, 0.3) is 11.8 Å². The van der Waals surface area contributed by atoms with Gasteiger partial charge < -0.3 is 26.0 Å². The number of nitrogens with one attached hydrogen (secondary N) is 2. The molecule has 0 bridgehead atoms. The molecule has 1 saturated heterocycles. The topological polar surface area (TPSA) is 168 Å². The van der Waals surface area contributed by atoms with Gasteiger partial charge >= 0.3 is 6.09 Å². The minimum Gasteiger partial charge on any atom is -0.410 e. The first kappa shape index (κ1) is 28.8. The highest BCUT2D eigenvalue weighted by Gasteiger charge is 2.29. The molecule has 12 heteroatoms. The van der Waals surface area contributed by atoms with Crippen molar-refractivity contribution in [1.82, 2.24) is 30.3 Å². The first-order valence-electron chi connectivity index (χ1n) is 13.7. The van der Waals surface area contributed by atoms with Gasteiger partial charge in [-0.25, -0.2) is 9.78 Å². The van der Waals surface area contributed by atoms with Crippen LogP contribution in [0.3, 0.4) is 0 Å². The molecule has 1 fully saturated rings. The number of hydrogen-bond acceptors (Lipinski definition) is 8. The summed E-state index contributed by atoms with van der Waals surface area (Å²) >= 11 is 0. The Hall–Kier alpha value is -5.70. The van der Waals surface area contributed by atoms with Crippen LogP contribution in [0.4, 0.5) is 10.6 Å². The predicted octanol–water partition coefficient (Wildman–Crippen LogP) is 3.38. The normalized spacial score (nSPS) is 14.1. The number of nitrogens with two attached hydrogens (primary N) is 1. The molecule has 3 heterocycles. The molecular weight excluding hydrogens is 548 g/mol. The van der Waals surface area contributed by atoms with E-state index in [-0.39, 0.29) is 48.7 Å². The fourth-order valence-corrected chi connectivity index (χ4v) is 4.77. The number of amides is 3. The highest BCUT2D eigenvalue weighted by molar-refractivity contribution is 5.99. The molecule has 5 rings (SSSR count). The number of carbonyl (C=O) groups is 3. The molecule has 218 valence electrons. The number of likely N-dealkylation sites (tertiary alicyclic amines) is 1. The van der Waals surface area contributed by atoms with Gasteiger partial charge in [-0.1, -0.05) is 24.3 Å². The Labute approximate surface area is 248 Å². The minimum absolute atomic E-state index is 0.115. The number of aryl methyl sites for hydroxylation is 1. The lowest BCUT2D eigenvalue weighted by Crippen LogP contribution is -2.39. The number of ether oxygens (including phenoxy) is 1. The van der Waals surface area contributed by atoms with E-state index in [9.17, 15) is 14.4 Å². The zero-order chi connectivity index (χ0) is 30.3. The van der Waals surface area contributed by atoms with E-state index < -0.39 is 6.09 Å². The van der Waals surface area contributed by atoms with Gasteiger partial charge in [0.2, 0.25) is 0 Å². The molecule has 3 amide bonds. The van der Waals surface area contributed by atoms with Gasteiger partial charge in [-0.3, -0.25) is 14.3 Å². The second-order valence-electron chi connectivity index (χ2n) is 10.1. The molecule has 0 radical (unpaired) electrons. The molecule has 0 spiro atoms. The van der Waals surface area contributed by atoms with Crippen LogP contribution in [0.5, 0.6) is 5.75 Å². The lowest BCUT2D eigenvalue weighted by atomic mass is 10.0. The number of nitrogen functional groups attached to an aromatic ring is 1. The smallest absolute Gasteiger partial charge is 0.410 e. The van der Waals surface area contributed by atoms with E-state index >= 15 is 0 Å². The Bertz CT molecular complexity index is 1710. The first-order chi connectivity index (χ1) is 20.8. The van der Waals surface area contributed by atoms with E-state index in [1.165, 1.54) is 4.90 Å². The molecule has 1 atom stereocenters. The molecule has 43 heavy (non-hydrogen) atoms. The molecule has 0 unspecified atom stereocenters. The summed E-state index contributed by atoms with van der Waals surface area (Å²) < 4.78 is 7.31. The van der Waals surface area contributed by atoms with Crippen molar-refractivity contribution in [2.75, 3.05) is 25.4 Å². The van der Waals surface area contributed by atoms with Gasteiger partial charge in [0.1, 0.15) is 11.6 Å². The maximum absolute atomic E-state index is 13.1. The highest BCUT2D eigenvalue weighted by Crippen LogP contribution is 2.26. The van der Waals surface area contributed by atoms with Gasteiger partial charge in [-0.15, -0.1) is 0 Å². The van der Waals surface area contributed by atoms with Crippen LogP contribution in [-0.4, -0.2) is 63.2 Å². The van der Waals surface area contributed by atoms with Gasteiger partial charge in [0.15, 0.2) is 0 Å². The standard InChI is InChI=1S/C31H30N8O4/c1-38-18-24(17-36-38)23-15-27(28(33)35-16-23)30(41)37-25-9-12-39(19-25)31(42)43-26-8-3-6-21(14-26)20-5-2-7-22(13-20)29(40)34-11-4-10-32/h2-3,5-8,13-18,25H,4,9,11-12,19H2,1H3,(H2,33,35)(H,34,40)(H,37,41)/t25-/m1/s1. The third-order valence-electron chi connectivity index (χ3n) is 7.00. The molecule has 1 aliphatic rings. The van der Waals surface area contributed by atoms with Crippen molar-refractivity contribution in [2.45, 2.75) is 18.9 Å². The van der Waals surface area contributed by atoms with E-state index in [1.54, 1.807) is 66.6 Å². The van der Waals surface area contributed by atoms with E-state index in [1.807, 2.05) is 24.4 Å². The Balaban J connectivity index is 1.19. The van der Waals surface area contributed by atoms with Crippen molar-refractivity contribution < 1.29 is 19.1 Å². The molecule has 12 nitrogen and oxygen atoms in total. The molecule has 0 saturated carbocycles. The number of aromatic nitrogens is 3. The molecule has 2 aromatic heterocycles. The summed E-state index contributed by atoms with van der Waals surface area (Å²) in [5.74, 6) is -0.172. The predicted molar refractivity (Wildman–Crippen MR) is 159 cm³/mol. The van der Waals surface area contributed by atoms with Crippen LogP contribution >= 0.6 is 0 Å². The van der Waals surface area contributed by atoms with Crippen LogP contribution < -0.4 is 21.1 Å². The number of anilines is 1. The maximum Gasteiger partial charge on any atom is 0.415 e. The molecule has 0 aliphatic carbocycles. The second-order valence-corrected chi connectivity index (χ2v) is 10.1. The first-order valence-corrected chi connectivity index (χ1v) is 13.7. The molecule has 4 N–H and O–H groups in total. The monoisotopic (exact) mass is 578 g/mol. The van der Waals surface area contributed by atoms with Crippen molar-refractivity contribution in [3.8, 4) is 34.1 Å². The number of nitrogens with zero attached hydrogens (tertiary/aromatic N) is 5. The lowest BCUT2D eigenvalue weighted by molar-refractivity contribution is 0.0934. The van der Waals surface area contributed by atoms with E-state index in [0.717, 1.165) is 22.3 Å². The third-order valence-corrected chi connectivity index (χ3v) is 7.00. The average molecular weight is 579 g/mol. The minimum atomic E-state index is -0.528. The van der Waals surface area contributed by atoms with Crippen LogP contribution in [0.15, 0.2) is 73.2 Å². The zero-order valence-corrected chi connectivity index (χ0v) is 23.5. The van der Waals surface area contributed by atoms with Gasteiger partial charge in [0, 0.05) is 61.8 Å². The zero-order valence-electron chi connectivity index (χ0n) is 23.5. The van der Waals surface area contributed by atoms with Crippen molar-refractivity contribution in [2.24, 2.45) is 7.05 Å². The fraction of sp³-hybridized carbons (Fsp3) is 0.226. The summed E-state index contributed by atoms with van der Waals surface area (Å²) in [6, 6.07) is 17.5. The van der Waals surface area contributed by atoms with Crippen molar-refractivity contribution in [3.05, 3.63) is 84.3 Å². The van der Waals surface area contributed by atoms with Crippen LogP contribution in [0.25, 0.3) is 22.3 Å². The van der Waals surface area contributed by atoms with Crippen LogP contribution in [0.1, 0.15) is 33.6 Å². The lowest BCUT2D eigenvalue weighted by Gasteiger charge is -2.17. The average Bonchev–Trinajstić information content (AvgIpc) is 3.67. The summed E-state index contributed by atoms with van der Waals surface area (Å²) in [5, 5.41) is 18.5. The summed E-state index contributed by atoms with van der Waals surface area (Å²) in [6.45, 7) is 0.968. The maximum atomic E-state index is 13.1. The Kier molecular flexibility index (Phi) is 8.62. The molecular formula is C31H30N8O4. The van der Waals surface area contributed by atoms with Crippen molar-refractivity contribution >= 4 is 23.7 Å². The van der Waals surface area contributed by atoms with E-state index in [4.69, 9.17) is 15.7 Å². The molecule has 2 aromatic carbocycles. The Morgan fingerprint density at radius 2 is 1.84 bits per heavy atom. The number of hydrogen-bond donors (Lipinski definition) is 3. The number of rotatable bonds is 8. The van der Waals surface area contributed by atoms with E-state index in [0.29, 0.717) is 24.3 Å². The SMILES string of the molecule is Cn1cc(-c2cnc(N)c(C(=O)N[C@@H]3CCN(C(=O)Oc4cccc(-c5cccc(C(=O)NCCC#N)c5)c4)C3)c2)cn1. The molecule has 4 aromatic rings. The Morgan fingerprint density at radius 1 is 1.05 bits per heavy atom. The molecule has 1 aliphatic heterocycles. The van der Waals surface area contributed by atoms with Crippen LogP contribution in [0.2, 0.25) is 0 Å². The number of nitriles is 1. The largest absolute Gasteiger partial charge is 0.415 e. The highest BCUT2D eigenvalue weighted by atomic mass is 16.6. The number of carbonyl (C=O) groups excluding carboxylic acids is 3. The van der Waals surface area contributed by atoms with Gasteiger partial charge in [-0.05, 0) is 47.9 Å². The summed E-state index contributed by atoms with van der Waals surface area (Å²) in [6.07, 6.45) is 5.36. The van der Waals surface area contributed by atoms with Crippen molar-refractivity contribution in [1.29, 1.82) is 5.26 Å². The van der Waals surface area contributed by atoms with Crippen LogP contribution in [-0.2, 0) is 7.05 Å². The Morgan fingerprint density at radius 3 is 2.60 bits per heavy atom. The fourth-order valence-electron chi connectivity index (χ4n) is 4.77. The third kappa shape index (κ3) is 6.97. The summed E-state index contributed by atoms with van der Waals surface area (Å²) in [7, 11) is 1.80. The van der Waals surface area contributed by atoms with Crippen LogP contribution in [0, 0.1) is 11.3 Å². The quantitative estimate of drug-likeness (QED) is 0.267. The number of benzene rings is 2. The van der Waals surface area contributed by atoms with Gasteiger partial charge in [0.05, 0.1) is 24.3 Å². The van der Waals surface area contributed by atoms with Gasteiger partial charge in [-0.2, -0.15) is 10.4 Å². The van der Waals surface area contributed by atoms with Crippen molar-refractivity contribution in [3.63, 3.8) is 0 Å². The van der Waals surface area contributed by atoms with E-state index in [2.05, 4.69) is 20.7 Å².